The third-order valence-corrected chi connectivity index (χ3v) is 10.5. The lowest BCUT2D eigenvalue weighted by Crippen LogP contribution is -2.14. The summed E-state index contributed by atoms with van der Waals surface area (Å²) in [4.78, 5) is 0. The van der Waals surface area contributed by atoms with E-state index in [9.17, 15) is 0 Å². The molecule has 0 bridgehead atoms. The molecule has 0 atom stereocenters. The van der Waals surface area contributed by atoms with Gasteiger partial charge in [0, 0.05) is 16.2 Å². The first kappa shape index (κ1) is 25.6. The van der Waals surface area contributed by atoms with E-state index in [1.54, 1.807) is 0 Å². The molecule has 9 aromatic rings. The van der Waals surface area contributed by atoms with Crippen LogP contribution in [0.4, 0.5) is 0 Å². The molecule has 0 spiro atoms. The first-order chi connectivity index (χ1) is 22.6. The summed E-state index contributed by atoms with van der Waals surface area (Å²) in [6, 6.07) is 53.5. The zero-order valence-electron chi connectivity index (χ0n) is 25.8. The molecule has 0 amide bonds. The average Bonchev–Trinajstić information content (AvgIpc) is 3.57. The molecule has 0 unspecified atom stereocenters. The van der Waals surface area contributed by atoms with Crippen molar-refractivity contribution < 1.29 is 4.42 Å². The number of furan rings is 1. The molecule has 1 nitrogen and oxygen atoms in total. The fourth-order valence-corrected chi connectivity index (χ4v) is 8.22. The van der Waals surface area contributed by atoms with Gasteiger partial charge in [0.2, 0.25) is 0 Å². The van der Waals surface area contributed by atoms with Gasteiger partial charge in [-0.05, 0) is 101 Å². The molecule has 1 aromatic heterocycles. The molecule has 10 rings (SSSR count). The predicted molar refractivity (Wildman–Crippen MR) is 195 cm³/mol. The molecule has 0 saturated carbocycles. The fourth-order valence-electron chi connectivity index (χ4n) is 8.22. The lowest BCUT2D eigenvalue weighted by molar-refractivity contribution is 0.661. The summed E-state index contributed by atoms with van der Waals surface area (Å²) >= 11 is 0. The molecule has 0 radical (unpaired) electrons. The van der Waals surface area contributed by atoms with Gasteiger partial charge >= 0.3 is 0 Å². The van der Waals surface area contributed by atoms with Crippen molar-refractivity contribution in [1.82, 2.24) is 0 Å². The van der Waals surface area contributed by atoms with Gasteiger partial charge in [0.1, 0.15) is 11.2 Å². The zero-order valence-corrected chi connectivity index (χ0v) is 25.8. The largest absolute Gasteiger partial charge is 0.456 e. The summed E-state index contributed by atoms with van der Waals surface area (Å²) in [5.74, 6) is 0. The van der Waals surface area contributed by atoms with Crippen molar-refractivity contribution in [2.45, 2.75) is 19.3 Å². The van der Waals surface area contributed by atoms with Crippen LogP contribution in [0, 0.1) is 0 Å². The highest BCUT2D eigenvalue weighted by molar-refractivity contribution is 6.16. The molecule has 1 heteroatoms. The zero-order chi connectivity index (χ0) is 30.6. The maximum atomic E-state index is 6.45. The van der Waals surface area contributed by atoms with Crippen molar-refractivity contribution in [3.63, 3.8) is 0 Å². The molecule has 46 heavy (non-hydrogen) atoms. The third-order valence-electron chi connectivity index (χ3n) is 10.5. The van der Waals surface area contributed by atoms with Gasteiger partial charge in [-0.3, -0.25) is 0 Å². The van der Waals surface area contributed by atoms with Crippen molar-refractivity contribution in [1.29, 1.82) is 0 Å². The molecule has 0 N–H and O–H groups in total. The molecule has 216 valence electrons. The van der Waals surface area contributed by atoms with E-state index in [2.05, 4.69) is 159 Å². The third kappa shape index (κ3) is 3.46. The molecular weight excluding hydrogens is 556 g/mol. The second kappa shape index (κ2) is 9.19. The average molecular weight is 587 g/mol. The van der Waals surface area contributed by atoms with Crippen LogP contribution in [0.3, 0.4) is 0 Å². The summed E-state index contributed by atoms with van der Waals surface area (Å²) in [5.41, 5.74) is 12.2. The first-order valence-electron chi connectivity index (χ1n) is 16.1. The maximum absolute atomic E-state index is 6.45. The van der Waals surface area contributed by atoms with Gasteiger partial charge in [0.05, 0.1) is 0 Å². The lowest BCUT2D eigenvalue weighted by atomic mass is 9.81. The number of rotatable bonds is 2. The van der Waals surface area contributed by atoms with E-state index < -0.39 is 0 Å². The predicted octanol–water partition coefficient (Wildman–Crippen LogP) is 12.7. The first-order valence-corrected chi connectivity index (χ1v) is 16.1. The second-order valence-corrected chi connectivity index (χ2v) is 13.3. The minimum absolute atomic E-state index is 0.0971. The van der Waals surface area contributed by atoms with Gasteiger partial charge in [-0.2, -0.15) is 0 Å². The van der Waals surface area contributed by atoms with Crippen LogP contribution in [0.25, 0.3) is 87.6 Å². The van der Waals surface area contributed by atoms with Crippen LogP contribution in [0.2, 0.25) is 0 Å². The Balaban J connectivity index is 1.22. The van der Waals surface area contributed by atoms with Gasteiger partial charge < -0.3 is 4.42 Å². The minimum atomic E-state index is -0.0971. The summed E-state index contributed by atoms with van der Waals surface area (Å²) in [6.45, 7) is 4.74. The van der Waals surface area contributed by atoms with E-state index in [0.29, 0.717) is 0 Å². The highest BCUT2D eigenvalue weighted by Gasteiger charge is 2.37. The topological polar surface area (TPSA) is 13.1 Å². The van der Waals surface area contributed by atoms with E-state index >= 15 is 0 Å². The normalized spacial score (nSPS) is 13.6. The molecule has 0 aliphatic heterocycles. The highest BCUT2D eigenvalue weighted by Crippen LogP contribution is 2.53. The van der Waals surface area contributed by atoms with Crippen LogP contribution < -0.4 is 0 Å². The van der Waals surface area contributed by atoms with Crippen molar-refractivity contribution >= 4 is 54.3 Å². The van der Waals surface area contributed by atoms with Gasteiger partial charge in [0.15, 0.2) is 0 Å². The minimum Gasteiger partial charge on any atom is -0.456 e. The Morgan fingerprint density at radius 1 is 0.413 bits per heavy atom. The molecule has 1 aliphatic carbocycles. The SMILES string of the molecule is CC1(C)c2ccc(-c3cccc4oc5cc6ccccc6cc5c34)cc2-c2c1ccc1c(-c3cccc4ccccc34)cccc21. The van der Waals surface area contributed by atoms with Gasteiger partial charge in [-0.25, -0.2) is 0 Å². The van der Waals surface area contributed by atoms with Crippen LogP contribution in [-0.2, 0) is 5.41 Å². The Hall–Kier alpha value is -5.66. The van der Waals surface area contributed by atoms with Crippen LogP contribution in [-0.4, -0.2) is 0 Å². The molecule has 8 aromatic carbocycles. The number of benzene rings is 8. The quantitative estimate of drug-likeness (QED) is 0.196. The molecule has 1 aliphatic rings. The molecule has 0 saturated heterocycles. The Kier molecular flexibility index (Phi) is 5.12. The smallest absolute Gasteiger partial charge is 0.136 e. The Bertz CT molecular complexity index is 2720. The van der Waals surface area contributed by atoms with E-state index in [4.69, 9.17) is 4.42 Å². The number of hydrogen-bond donors (Lipinski definition) is 0. The van der Waals surface area contributed by atoms with Gasteiger partial charge in [-0.15, -0.1) is 0 Å². The second-order valence-electron chi connectivity index (χ2n) is 13.3. The number of hydrogen-bond acceptors (Lipinski definition) is 1. The lowest BCUT2D eigenvalue weighted by Gasteiger charge is -2.22. The number of fused-ring (bicyclic) bond motifs is 10. The van der Waals surface area contributed by atoms with Crippen molar-refractivity contribution in [3.8, 4) is 33.4 Å². The van der Waals surface area contributed by atoms with E-state index in [1.807, 2.05) is 0 Å². The summed E-state index contributed by atoms with van der Waals surface area (Å²) in [7, 11) is 0. The van der Waals surface area contributed by atoms with Crippen molar-refractivity contribution in [3.05, 3.63) is 157 Å². The van der Waals surface area contributed by atoms with Crippen molar-refractivity contribution in [2.75, 3.05) is 0 Å². The Labute approximate surface area is 267 Å². The maximum Gasteiger partial charge on any atom is 0.136 e. The standard InChI is InChI=1S/C45H30O/c1-45(2)39-22-20-30(32-15-9-19-41-44(32)38-24-28-11-3-4-12-29(28)26-42(38)46-41)25-37(39)43-36-18-8-17-34(35(36)21-23-40(43)45)33-16-7-13-27-10-5-6-14-31(27)33/h3-26H,1-2H3. The van der Waals surface area contributed by atoms with E-state index in [1.165, 1.54) is 82.2 Å². The van der Waals surface area contributed by atoms with Crippen molar-refractivity contribution in [2.24, 2.45) is 0 Å². The van der Waals surface area contributed by atoms with Crippen LogP contribution >= 0.6 is 0 Å². The van der Waals surface area contributed by atoms with Gasteiger partial charge in [0.25, 0.3) is 0 Å². The molecule has 0 fully saturated rings. The molecule has 1 heterocycles. The Morgan fingerprint density at radius 2 is 1.07 bits per heavy atom. The van der Waals surface area contributed by atoms with E-state index in [-0.39, 0.29) is 5.41 Å². The Morgan fingerprint density at radius 3 is 1.93 bits per heavy atom. The van der Waals surface area contributed by atoms with Gasteiger partial charge in [-0.1, -0.05) is 135 Å². The molecular formula is C45H30O. The summed E-state index contributed by atoms with van der Waals surface area (Å²) in [6.07, 6.45) is 0. The monoisotopic (exact) mass is 586 g/mol. The van der Waals surface area contributed by atoms with Crippen LogP contribution in [0.5, 0.6) is 0 Å². The van der Waals surface area contributed by atoms with Crippen LogP contribution in [0.15, 0.2) is 150 Å². The summed E-state index contributed by atoms with van der Waals surface area (Å²) < 4.78 is 6.45. The van der Waals surface area contributed by atoms with Crippen LogP contribution in [0.1, 0.15) is 25.0 Å². The highest BCUT2D eigenvalue weighted by atomic mass is 16.3. The fraction of sp³-hybridized carbons (Fsp3) is 0.0667. The van der Waals surface area contributed by atoms with E-state index in [0.717, 1.165) is 16.6 Å². The summed E-state index contributed by atoms with van der Waals surface area (Å²) in [5, 5.41) is 9.92.